The zero-order valence-electron chi connectivity index (χ0n) is 18.0. The molecule has 4 aromatic rings. The number of halogens is 1. The number of benzene rings is 3. The van der Waals surface area contributed by atoms with Crippen molar-refractivity contribution in [3.05, 3.63) is 95.8 Å². The molecule has 5 rings (SSSR count). The van der Waals surface area contributed by atoms with Crippen LogP contribution < -0.4 is 0 Å². The Balaban J connectivity index is 1.38. The maximum atomic E-state index is 13.5. The summed E-state index contributed by atoms with van der Waals surface area (Å²) in [6.07, 6.45) is 2.17. The molecule has 0 N–H and O–H groups in total. The molecule has 0 aliphatic carbocycles. The molecule has 0 unspecified atom stereocenters. The van der Waals surface area contributed by atoms with Crippen LogP contribution >= 0.6 is 11.8 Å². The zero-order valence-corrected chi connectivity index (χ0v) is 18.8. The third kappa shape index (κ3) is 4.68. The van der Waals surface area contributed by atoms with Crippen LogP contribution in [0.4, 0.5) is 4.39 Å². The second-order valence-electron chi connectivity index (χ2n) is 7.97. The normalized spacial score (nSPS) is 13.4. The highest BCUT2D eigenvalue weighted by Crippen LogP contribution is 2.30. The number of likely N-dealkylation sites (tertiary alicyclic amines) is 1. The van der Waals surface area contributed by atoms with Gasteiger partial charge in [-0.15, -0.1) is 10.2 Å². The lowest BCUT2D eigenvalue weighted by Gasteiger charge is -2.15. The number of rotatable bonds is 6. The number of carbonyl (C=O) groups is 1. The van der Waals surface area contributed by atoms with Gasteiger partial charge in [-0.05, 0) is 54.8 Å². The first-order valence-corrected chi connectivity index (χ1v) is 12.0. The highest BCUT2D eigenvalue weighted by atomic mass is 32.2. The molecular formula is C26H23FN4OS. The average Bonchev–Trinajstić information content (AvgIpc) is 3.54. The van der Waals surface area contributed by atoms with Gasteiger partial charge in [0.1, 0.15) is 5.82 Å². The van der Waals surface area contributed by atoms with Crippen LogP contribution in [-0.2, 0) is 5.75 Å². The van der Waals surface area contributed by atoms with E-state index in [1.54, 1.807) is 23.9 Å². The predicted octanol–water partition coefficient (Wildman–Crippen LogP) is 5.60. The van der Waals surface area contributed by atoms with Gasteiger partial charge in [0.25, 0.3) is 5.91 Å². The van der Waals surface area contributed by atoms with Gasteiger partial charge in [-0.25, -0.2) is 4.39 Å². The smallest absolute Gasteiger partial charge is 0.253 e. The van der Waals surface area contributed by atoms with Crippen molar-refractivity contribution in [2.24, 2.45) is 0 Å². The topological polar surface area (TPSA) is 51.0 Å². The minimum absolute atomic E-state index is 0.107. The van der Waals surface area contributed by atoms with E-state index in [9.17, 15) is 9.18 Å². The Labute approximate surface area is 196 Å². The van der Waals surface area contributed by atoms with Crippen LogP contribution in [-0.4, -0.2) is 38.7 Å². The lowest BCUT2D eigenvalue weighted by atomic mass is 10.1. The summed E-state index contributed by atoms with van der Waals surface area (Å²) in [5, 5.41) is 9.57. The molecule has 33 heavy (non-hydrogen) atoms. The Hall–Kier alpha value is -3.45. The zero-order chi connectivity index (χ0) is 22.6. The summed E-state index contributed by atoms with van der Waals surface area (Å²) in [6, 6.07) is 23.9. The molecule has 1 saturated heterocycles. The first kappa shape index (κ1) is 21.4. The van der Waals surface area contributed by atoms with Crippen molar-refractivity contribution in [2.45, 2.75) is 23.8 Å². The van der Waals surface area contributed by atoms with Crippen molar-refractivity contribution in [1.82, 2.24) is 19.7 Å². The lowest BCUT2D eigenvalue weighted by Crippen LogP contribution is -2.27. The number of hydrogen-bond acceptors (Lipinski definition) is 4. The molecule has 1 aliphatic rings. The van der Waals surface area contributed by atoms with E-state index in [4.69, 9.17) is 0 Å². The van der Waals surface area contributed by atoms with Crippen LogP contribution in [0.15, 0.2) is 84.0 Å². The number of hydrogen-bond donors (Lipinski definition) is 0. The van der Waals surface area contributed by atoms with E-state index < -0.39 is 0 Å². The molecule has 0 spiro atoms. The summed E-state index contributed by atoms with van der Waals surface area (Å²) in [6.45, 7) is 1.69. The van der Waals surface area contributed by atoms with Crippen molar-refractivity contribution in [1.29, 1.82) is 0 Å². The molecular weight excluding hydrogens is 435 g/mol. The van der Waals surface area contributed by atoms with E-state index in [-0.39, 0.29) is 11.7 Å². The second kappa shape index (κ2) is 9.58. The largest absolute Gasteiger partial charge is 0.339 e. The molecule has 2 heterocycles. The fourth-order valence-corrected chi connectivity index (χ4v) is 4.86. The van der Waals surface area contributed by atoms with E-state index >= 15 is 0 Å². The van der Waals surface area contributed by atoms with Gasteiger partial charge < -0.3 is 4.90 Å². The van der Waals surface area contributed by atoms with Crippen molar-refractivity contribution in [2.75, 3.05) is 13.1 Å². The van der Waals surface area contributed by atoms with Gasteiger partial charge in [0, 0.05) is 35.7 Å². The molecule has 0 radical (unpaired) electrons. The van der Waals surface area contributed by atoms with E-state index in [1.807, 2.05) is 64.1 Å². The van der Waals surface area contributed by atoms with E-state index in [1.165, 1.54) is 12.1 Å². The third-order valence-corrected chi connectivity index (χ3v) is 6.71. The number of carbonyl (C=O) groups excluding carboxylic acids is 1. The summed E-state index contributed by atoms with van der Waals surface area (Å²) in [5.74, 6) is 1.20. The van der Waals surface area contributed by atoms with E-state index in [2.05, 4.69) is 10.2 Å². The number of aromatic nitrogens is 3. The predicted molar refractivity (Wildman–Crippen MR) is 128 cm³/mol. The summed E-state index contributed by atoms with van der Waals surface area (Å²) in [5.41, 5.74) is 3.56. The van der Waals surface area contributed by atoms with Gasteiger partial charge in [-0.3, -0.25) is 9.36 Å². The van der Waals surface area contributed by atoms with Gasteiger partial charge in [0.05, 0.1) is 0 Å². The Morgan fingerprint density at radius 2 is 1.58 bits per heavy atom. The molecule has 1 fully saturated rings. The maximum Gasteiger partial charge on any atom is 0.253 e. The van der Waals surface area contributed by atoms with Gasteiger partial charge in [-0.1, -0.05) is 54.2 Å². The Bertz CT molecular complexity index is 1230. The van der Waals surface area contributed by atoms with Gasteiger partial charge in [0.15, 0.2) is 11.0 Å². The highest BCUT2D eigenvalue weighted by molar-refractivity contribution is 7.98. The van der Waals surface area contributed by atoms with Crippen LogP contribution in [0.2, 0.25) is 0 Å². The van der Waals surface area contributed by atoms with Crippen LogP contribution in [0.25, 0.3) is 17.1 Å². The Kier molecular flexibility index (Phi) is 6.21. The van der Waals surface area contributed by atoms with Crippen molar-refractivity contribution < 1.29 is 9.18 Å². The fourth-order valence-electron chi connectivity index (χ4n) is 3.95. The van der Waals surface area contributed by atoms with Crippen LogP contribution in [0.1, 0.15) is 28.8 Å². The third-order valence-electron chi connectivity index (χ3n) is 5.71. The molecule has 0 bridgehead atoms. The number of nitrogens with zero attached hydrogens (tertiary/aromatic N) is 4. The molecule has 5 nitrogen and oxygen atoms in total. The monoisotopic (exact) mass is 458 g/mol. The van der Waals surface area contributed by atoms with Crippen molar-refractivity contribution in [3.63, 3.8) is 0 Å². The number of thioether (sulfide) groups is 1. The summed E-state index contributed by atoms with van der Waals surface area (Å²) < 4.78 is 15.5. The molecule has 0 saturated carbocycles. The first-order valence-electron chi connectivity index (χ1n) is 11.0. The van der Waals surface area contributed by atoms with E-state index in [0.717, 1.165) is 53.5 Å². The molecule has 3 aromatic carbocycles. The average molecular weight is 459 g/mol. The standard InChI is InChI=1S/C26H23FN4OS/c27-22-12-14-23(15-13-22)31-24(20-6-2-1-3-7-20)28-29-26(31)33-18-19-8-10-21(11-9-19)25(32)30-16-4-5-17-30/h1-3,6-15H,4-5,16-18H2. The summed E-state index contributed by atoms with van der Waals surface area (Å²) >= 11 is 1.55. The summed E-state index contributed by atoms with van der Waals surface area (Å²) in [7, 11) is 0. The van der Waals surface area contributed by atoms with Crippen LogP contribution in [0.3, 0.4) is 0 Å². The highest BCUT2D eigenvalue weighted by Gasteiger charge is 2.20. The molecule has 7 heteroatoms. The summed E-state index contributed by atoms with van der Waals surface area (Å²) in [4.78, 5) is 14.5. The molecule has 166 valence electrons. The molecule has 1 amide bonds. The van der Waals surface area contributed by atoms with Gasteiger partial charge in [0.2, 0.25) is 0 Å². The molecule has 1 aromatic heterocycles. The first-order chi connectivity index (χ1) is 16.2. The fraction of sp³-hybridized carbons (Fsp3) is 0.192. The van der Waals surface area contributed by atoms with Crippen molar-refractivity contribution in [3.8, 4) is 17.1 Å². The SMILES string of the molecule is O=C(c1ccc(CSc2nnc(-c3ccccc3)n2-c2ccc(F)cc2)cc1)N1CCCC1. The van der Waals surface area contributed by atoms with Crippen molar-refractivity contribution >= 4 is 17.7 Å². The van der Waals surface area contributed by atoms with Crippen LogP contribution in [0.5, 0.6) is 0 Å². The minimum atomic E-state index is -0.286. The van der Waals surface area contributed by atoms with E-state index in [0.29, 0.717) is 11.6 Å². The minimum Gasteiger partial charge on any atom is -0.339 e. The second-order valence-corrected chi connectivity index (χ2v) is 8.91. The molecule has 1 aliphatic heterocycles. The number of amides is 1. The van der Waals surface area contributed by atoms with Gasteiger partial charge >= 0.3 is 0 Å². The molecule has 0 atom stereocenters. The van der Waals surface area contributed by atoms with Gasteiger partial charge in [-0.2, -0.15) is 0 Å². The maximum absolute atomic E-state index is 13.5. The quantitative estimate of drug-likeness (QED) is 0.353. The van der Waals surface area contributed by atoms with Crippen LogP contribution in [0, 0.1) is 5.82 Å². The Morgan fingerprint density at radius 1 is 0.879 bits per heavy atom. The Morgan fingerprint density at radius 3 is 2.27 bits per heavy atom. The lowest BCUT2D eigenvalue weighted by molar-refractivity contribution is 0.0793.